The van der Waals surface area contributed by atoms with E-state index in [9.17, 15) is 14.9 Å². The molecule has 0 aliphatic carbocycles. The molecule has 6 nitrogen and oxygen atoms in total. The fraction of sp³-hybridized carbons (Fsp3) is 0.278. The zero-order valence-corrected chi connectivity index (χ0v) is 13.3. The fourth-order valence-corrected chi connectivity index (χ4v) is 3.10. The quantitative estimate of drug-likeness (QED) is 0.694. The van der Waals surface area contributed by atoms with E-state index in [0.717, 1.165) is 30.5 Å². The van der Waals surface area contributed by atoms with Gasteiger partial charge in [0, 0.05) is 36.0 Å². The Balaban J connectivity index is 2.00. The molecule has 3 rings (SSSR count). The lowest BCUT2D eigenvalue weighted by Crippen LogP contribution is -2.31. The van der Waals surface area contributed by atoms with Crippen molar-refractivity contribution in [3.63, 3.8) is 0 Å². The lowest BCUT2D eigenvalue weighted by atomic mass is 10.1. The van der Waals surface area contributed by atoms with E-state index in [4.69, 9.17) is 5.73 Å². The highest BCUT2D eigenvalue weighted by molar-refractivity contribution is 6.07. The number of amides is 1. The highest BCUT2D eigenvalue weighted by atomic mass is 16.6. The number of nitrogens with two attached hydrogens (primary N) is 1. The summed E-state index contributed by atoms with van der Waals surface area (Å²) >= 11 is 0. The number of para-hydroxylation sites is 1. The summed E-state index contributed by atoms with van der Waals surface area (Å²) in [6, 6.07) is 12.3. The number of nitro benzene ring substituents is 1. The number of carbonyl (C=O) groups is 1. The van der Waals surface area contributed by atoms with Crippen molar-refractivity contribution in [3.8, 4) is 0 Å². The third-order valence-electron chi connectivity index (χ3n) is 4.35. The predicted octanol–water partition coefficient (Wildman–Crippen LogP) is 3.04. The third kappa shape index (κ3) is 3.00. The van der Waals surface area contributed by atoms with E-state index in [2.05, 4.69) is 0 Å². The summed E-state index contributed by atoms with van der Waals surface area (Å²) in [7, 11) is 0. The monoisotopic (exact) mass is 325 g/mol. The van der Waals surface area contributed by atoms with Crippen LogP contribution in [0.4, 0.5) is 11.4 Å². The number of hydrogen-bond donors (Lipinski definition) is 1. The molecule has 0 bridgehead atoms. The summed E-state index contributed by atoms with van der Waals surface area (Å²) in [6.45, 7) is 0.680. The van der Waals surface area contributed by atoms with Gasteiger partial charge in [-0.05, 0) is 37.0 Å². The maximum atomic E-state index is 13.0. The van der Waals surface area contributed by atoms with Gasteiger partial charge in [-0.2, -0.15) is 0 Å². The van der Waals surface area contributed by atoms with E-state index in [1.807, 2.05) is 24.3 Å². The van der Waals surface area contributed by atoms with Crippen LogP contribution in [0.3, 0.4) is 0 Å². The minimum atomic E-state index is -0.491. The second kappa shape index (κ2) is 6.80. The molecule has 0 fully saturated rings. The first kappa shape index (κ1) is 16.1. The van der Waals surface area contributed by atoms with Crippen molar-refractivity contribution in [1.29, 1.82) is 0 Å². The van der Waals surface area contributed by atoms with Crippen LogP contribution in [0.25, 0.3) is 0 Å². The van der Waals surface area contributed by atoms with Crippen molar-refractivity contribution < 1.29 is 9.72 Å². The maximum absolute atomic E-state index is 13.0. The van der Waals surface area contributed by atoms with Crippen LogP contribution in [0, 0.1) is 10.1 Å². The molecule has 2 aromatic rings. The van der Waals surface area contributed by atoms with Crippen molar-refractivity contribution in [2.24, 2.45) is 5.73 Å². The number of aryl methyl sites for hydroxylation is 1. The molecule has 1 aliphatic rings. The molecule has 1 aliphatic heterocycles. The third-order valence-corrected chi connectivity index (χ3v) is 4.35. The number of hydrogen-bond acceptors (Lipinski definition) is 4. The molecular formula is C18H19N3O3. The number of nitrogens with zero attached hydrogens (tertiary/aromatic N) is 2. The van der Waals surface area contributed by atoms with Gasteiger partial charge in [-0.15, -0.1) is 0 Å². The summed E-state index contributed by atoms with van der Waals surface area (Å²) in [4.78, 5) is 25.4. The van der Waals surface area contributed by atoms with Gasteiger partial charge in [0.25, 0.3) is 11.6 Å². The van der Waals surface area contributed by atoms with E-state index in [1.54, 1.807) is 17.0 Å². The molecule has 0 unspecified atom stereocenters. The van der Waals surface area contributed by atoms with E-state index >= 15 is 0 Å². The molecule has 0 radical (unpaired) electrons. The Bertz CT molecular complexity index is 789. The van der Waals surface area contributed by atoms with E-state index < -0.39 is 4.92 Å². The number of benzene rings is 2. The van der Waals surface area contributed by atoms with Crippen LogP contribution in [0.5, 0.6) is 0 Å². The Labute approximate surface area is 140 Å². The van der Waals surface area contributed by atoms with Gasteiger partial charge in [0.15, 0.2) is 0 Å². The number of anilines is 1. The Morgan fingerprint density at radius 2 is 2.00 bits per heavy atom. The van der Waals surface area contributed by atoms with Crippen LogP contribution in [0.1, 0.15) is 34.3 Å². The van der Waals surface area contributed by atoms with E-state index in [1.165, 1.54) is 6.07 Å². The van der Waals surface area contributed by atoms with Gasteiger partial charge in [-0.3, -0.25) is 14.9 Å². The summed E-state index contributed by atoms with van der Waals surface area (Å²) in [5, 5.41) is 11.2. The molecular weight excluding hydrogens is 306 g/mol. The van der Waals surface area contributed by atoms with Crippen LogP contribution in [0.2, 0.25) is 0 Å². The summed E-state index contributed by atoms with van der Waals surface area (Å²) < 4.78 is 0. The topological polar surface area (TPSA) is 89.5 Å². The minimum absolute atomic E-state index is 0.0668. The molecule has 1 heterocycles. The smallest absolute Gasteiger partial charge is 0.274 e. The maximum Gasteiger partial charge on any atom is 0.274 e. The molecule has 0 aromatic heterocycles. The number of nitro groups is 1. The Morgan fingerprint density at radius 3 is 2.75 bits per heavy atom. The van der Waals surface area contributed by atoms with Gasteiger partial charge in [-0.25, -0.2) is 0 Å². The van der Waals surface area contributed by atoms with Crippen LogP contribution < -0.4 is 10.6 Å². The Kier molecular flexibility index (Phi) is 4.57. The number of rotatable bonds is 3. The molecule has 2 N–H and O–H groups in total. The van der Waals surface area contributed by atoms with Crippen LogP contribution in [0.15, 0.2) is 42.5 Å². The first-order valence-corrected chi connectivity index (χ1v) is 7.99. The zero-order chi connectivity index (χ0) is 17.1. The Morgan fingerprint density at radius 1 is 1.21 bits per heavy atom. The summed E-state index contributed by atoms with van der Waals surface area (Å²) in [6.07, 6.45) is 2.86. The molecule has 124 valence electrons. The van der Waals surface area contributed by atoms with Crippen molar-refractivity contribution in [2.45, 2.75) is 25.8 Å². The van der Waals surface area contributed by atoms with Gasteiger partial charge in [-0.1, -0.05) is 24.3 Å². The lowest BCUT2D eigenvalue weighted by molar-refractivity contribution is -0.385. The van der Waals surface area contributed by atoms with Crippen molar-refractivity contribution in [2.75, 3.05) is 11.4 Å². The molecule has 0 saturated carbocycles. The average molecular weight is 325 g/mol. The molecule has 0 saturated heterocycles. The van der Waals surface area contributed by atoms with E-state index in [-0.39, 0.29) is 18.1 Å². The van der Waals surface area contributed by atoms with Gasteiger partial charge in [0.2, 0.25) is 0 Å². The molecule has 1 amide bonds. The van der Waals surface area contributed by atoms with Crippen molar-refractivity contribution in [3.05, 3.63) is 69.3 Å². The second-order valence-corrected chi connectivity index (χ2v) is 5.85. The Hall–Kier alpha value is -2.73. The first-order valence-electron chi connectivity index (χ1n) is 7.99. The summed E-state index contributed by atoms with van der Waals surface area (Å²) in [5.74, 6) is -0.212. The predicted molar refractivity (Wildman–Crippen MR) is 92.0 cm³/mol. The second-order valence-electron chi connectivity index (χ2n) is 5.85. The van der Waals surface area contributed by atoms with Crippen LogP contribution in [-0.2, 0) is 13.0 Å². The zero-order valence-electron chi connectivity index (χ0n) is 13.3. The normalized spacial score (nSPS) is 14.0. The number of carbonyl (C=O) groups excluding carboxylic acids is 1. The van der Waals surface area contributed by atoms with Gasteiger partial charge in [0.05, 0.1) is 4.92 Å². The molecule has 2 aromatic carbocycles. The molecule has 0 atom stereocenters. The van der Waals surface area contributed by atoms with Gasteiger partial charge >= 0.3 is 0 Å². The van der Waals surface area contributed by atoms with E-state index in [0.29, 0.717) is 17.7 Å². The van der Waals surface area contributed by atoms with Crippen LogP contribution in [-0.4, -0.2) is 17.4 Å². The molecule has 6 heteroatoms. The highest BCUT2D eigenvalue weighted by Gasteiger charge is 2.24. The largest absolute Gasteiger partial charge is 0.326 e. The minimum Gasteiger partial charge on any atom is -0.326 e. The number of fused-ring (bicyclic) bond motifs is 1. The standard InChI is InChI=1S/C18H19N3O3/c19-12-15-9-8-14(11-17(15)21(23)24)18(22)20-10-4-3-6-13-5-1-2-7-16(13)20/h1-2,5,7-9,11H,3-4,6,10,12,19H2. The van der Waals surface area contributed by atoms with Crippen molar-refractivity contribution >= 4 is 17.3 Å². The SMILES string of the molecule is NCc1ccc(C(=O)N2CCCCc3ccccc32)cc1[N+](=O)[O-]. The van der Waals surface area contributed by atoms with Crippen LogP contribution >= 0.6 is 0 Å². The highest BCUT2D eigenvalue weighted by Crippen LogP contribution is 2.28. The fourth-order valence-electron chi connectivity index (χ4n) is 3.10. The molecule has 0 spiro atoms. The van der Waals surface area contributed by atoms with Crippen molar-refractivity contribution in [1.82, 2.24) is 0 Å². The summed E-state index contributed by atoms with van der Waals surface area (Å²) in [5.41, 5.74) is 8.21. The lowest BCUT2D eigenvalue weighted by Gasteiger charge is -2.23. The first-order chi connectivity index (χ1) is 11.6. The van der Waals surface area contributed by atoms with Gasteiger partial charge < -0.3 is 10.6 Å². The van der Waals surface area contributed by atoms with Gasteiger partial charge in [0.1, 0.15) is 0 Å². The molecule has 24 heavy (non-hydrogen) atoms. The average Bonchev–Trinajstić information content (AvgIpc) is 2.83.